The van der Waals surface area contributed by atoms with E-state index < -0.39 is 23.5 Å². The van der Waals surface area contributed by atoms with Crippen LogP contribution in [0.2, 0.25) is 5.02 Å². The minimum absolute atomic E-state index is 0. The highest BCUT2D eigenvalue weighted by Gasteiger charge is 2.17. The zero-order valence-electron chi connectivity index (χ0n) is 19.9. The van der Waals surface area contributed by atoms with Crippen LogP contribution in [0.15, 0.2) is 47.5 Å². The number of aromatic carboxylic acids is 1. The zero-order valence-corrected chi connectivity index (χ0v) is 22.3. The second kappa shape index (κ2) is 16.5. The summed E-state index contributed by atoms with van der Waals surface area (Å²) in [6.45, 7) is 6.76. The number of nitrogens with two attached hydrogens (primary N) is 1. The van der Waals surface area contributed by atoms with Crippen molar-refractivity contribution in [3.05, 3.63) is 75.9 Å². The third-order valence-electron chi connectivity index (χ3n) is 4.63. The Morgan fingerprint density at radius 2 is 1.81 bits per heavy atom. The number of aliphatic imine (C=N–C) groups is 1. The molecule has 0 atom stereocenters. The van der Waals surface area contributed by atoms with Gasteiger partial charge in [0, 0.05) is 25.7 Å². The minimum atomic E-state index is -1.26. The van der Waals surface area contributed by atoms with Gasteiger partial charge >= 0.3 is 5.97 Å². The Bertz CT molecular complexity index is 1210. The quantitative estimate of drug-likeness (QED) is 0.163. The molecule has 1 aromatic heterocycles. The molecular weight excluding hydrogens is 553 g/mol. The van der Waals surface area contributed by atoms with Crippen molar-refractivity contribution in [3.63, 3.8) is 0 Å². The lowest BCUT2D eigenvalue weighted by molar-refractivity contribution is 0.0690. The summed E-state index contributed by atoms with van der Waals surface area (Å²) in [6, 6.07) is 10.4. The van der Waals surface area contributed by atoms with Gasteiger partial charge in [-0.2, -0.15) is 5.10 Å². The van der Waals surface area contributed by atoms with Crippen molar-refractivity contribution < 1.29 is 23.5 Å². The number of amides is 1. The van der Waals surface area contributed by atoms with Gasteiger partial charge in [0.05, 0.1) is 22.6 Å². The van der Waals surface area contributed by atoms with Crippen molar-refractivity contribution in [2.45, 2.75) is 20.4 Å². The van der Waals surface area contributed by atoms with Gasteiger partial charge in [-0.15, -0.1) is 24.8 Å². The molecule has 202 valence electrons. The molecule has 0 spiro atoms. The van der Waals surface area contributed by atoms with Gasteiger partial charge in [-0.1, -0.05) is 23.7 Å². The Morgan fingerprint density at radius 3 is 2.38 bits per heavy atom. The molecule has 1 heterocycles. The highest BCUT2D eigenvalue weighted by atomic mass is 35.5. The lowest BCUT2D eigenvalue weighted by Crippen LogP contribution is -2.20. The van der Waals surface area contributed by atoms with Crippen LogP contribution in [0, 0.1) is 11.6 Å². The van der Waals surface area contributed by atoms with Crippen molar-refractivity contribution in [2.24, 2.45) is 10.7 Å². The maximum Gasteiger partial charge on any atom is 0.353 e. The number of aromatic nitrogens is 2. The van der Waals surface area contributed by atoms with Crippen molar-refractivity contribution in [1.82, 2.24) is 15.1 Å². The maximum absolute atomic E-state index is 13.1. The molecule has 14 heteroatoms. The Morgan fingerprint density at radius 1 is 1.16 bits per heavy atom. The highest BCUT2D eigenvalue weighted by Crippen LogP contribution is 2.21. The lowest BCUT2D eigenvalue weighted by Gasteiger charge is -2.13. The van der Waals surface area contributed by atoms with Crippen LogP contribution in [0.1, 0.15) is 40.3 Å². The number of halogens is 5. The topological polar surface area (TPSA) is 137 Å². The van der Waals surface area contributed by atoms with E-state index in [1.54, 1.807) is 0 Å². The van der Waals surface area contributed by atoms with Gasteiger partial charge in [-0.05, 0) is 43.7 Å². The zero-order chi connectivity index (χ0) is 26.0. The number of carboxylic acids is 1. The second-order valence-electron chi connectivity index (χ2n) is 7.01. The van der Waals surface area contributed by atoms with Crippen LogP contribution in [-0.2, 0) is 6.54 Å². The van der Waals surface area contributed by atoms with Crippen LogP contribution in [0.4, 0.5) is 20.3 Å². The highest BCUT2D eigenvalue weighted by molar-refractivity contribution is 6.34. The summed E-state index contributed by atoms with van der Waals surface area (Å²) in [5.74, 6) is -4.61. The summed E-state index contributed by atoms with van der Waals surface area (Å²) >= 11 is 5.63. The molecule has 0 fully saturated rings. The van der Waals surface area contributed by atoms with E-state index in [1.807, 2.05) is 30.6 Å². The summed E-state index contributed by atoms with van der Waals surface area (Å²) in [5.41, 5.74) is 7.10. The predicted molar refractivity (Wildman–Crippen MR) is 145 cm³/mol. The minimum Gasteiger partial charge on any atom is -0.477 e. The van der Waals surface area contributed by atoms with Crippen molar-refractivity contribution in [1.29, 1.82) is 0 Å². The fraction of sp³-hybridized carbons (Fsp3) is 0.217. The number of carbonyl (C=O) groups is 2. The number of carboxylic acid groups (broad SMARTS) is 1. The predicted octanol–water partition coefficient (Wildman–Crippen LogP) is 5.28. The Labute approximate surface area is 229 Å². The first-order valence-corrected chi connectivity index (χ1v) is 10.9. The number of rotatable bonds is 8. The number of hydrogen-bond acceptors (Lipinski definition) is 5. The molecule has 3 aromatic rings. The monoisotopic (exact) mass is 578 g/mol. The molecule has 0 aliphatic heterocycles. The van der Waals surface area contributed by atoms with Crippen LogP contribution >= 0.6 is 36.4 Å². The third kappa shape index (κ3) is 10.3. The Hall–Kier alpha value is -3.25. The molecule has 0 aliphatic carbocycles. The first kappa shape index (κ1) is 33.8. The van der Waals surface area contributed by atoms with E-state index in [0.29, 0.717) is 18.7 Å². The Kier molecular flexibility index (Phi) is 15.0. The summed E-state index contributed by atoms with van der Waals surface area (Å²) < 4.78 is 25.9. The van der Waals surface area contributed by atoms with E-state index in [0.717, 1.165) is 30.4 Å². The smallest absolute Gasteiger partial charge is 0.353 e. The average Bonchev–Trinajstić information content (AvgIpc) is 3.31. The van der Waals surface area contributed by atoms with E-state index >= 15 is 0 Å². The van der Waals surface area contributed by atoms with E-state index in [-0.39, 0.29) is 46.9 Å². The summed E-state index contributed by atoms with van der Waals surface area (Å²) in [6.07, 6.45) is 1.88. The van der Waals surface area contributed by atoms with Gasteiger partial charge < -0.3 is 21.1 Å². The van der Waals surface area contributed by atoms with Gasteiger partial charge in [0.25, 0.3) is 5.91 Å². The van der Waals surface area contributed by atoms with E-state index in [2.05, 4.69) is 39.3 Å². The number of H-pyrrole nitrogens is 1. The largest absolute Gasteiger partial charge is 0.477 e. The number of anilines is 1. The summed E-state index contributed by atoms with van der Waals surface area (Å²) in [4.78, 5) is 29.0. The SMILES string of the molecule is CCN(C=Nc1cccc(CN)c1)CC.Cl.Cl.O=C(O)c1cc(NC(=O)c2cc(F)c(F)cc2Cl)n[nH]1. The molecule has 0 bridgehead atoms. The van der Waals surface area contributed by atoms with Gasteiger partial charge in [0.15, 0.2) is 17.5 Å². The number of nitrogens with one attached hydrogen (secondary N) is 2. The standard InChI is InChI=1S/C12H19N3.C11H6ClF2N3O3.2ClH/c1-3-15(4-2)10-14-12-7-5-6-11(8-12)9-13;12-5-2-7(14)6(13)1-4(5)10(18)15-9-3-8(11(19)20)16-17-9;;/h5-8,10H,3-4,9,13H2,1-2H3;1-3H,(H,19,20)(H2,15,16,17,18);2*1H. The summed E-state index contributed by atoms with van der Waals surface area (Å²) in [7, 11) is 0. The molecule has 5 N–H and O–H groups in total. The molecule has 3 rings (SSSR count). The molecule has 0 saturated heterocycles. The third-order valence-corrected chi connectivity index (χ3v) is 4.95. The average molecular weight is 580 g/mol. The summed E-state index contributed by atoms with van der Waals surface area (Å²) in [5, 5.41) is 16.3. The second-order valence-corrected chi connectivity index (χ2v) is 7.42. The van der Waals surface area contributed by atoms with Crippen LogP contribution in [0.5, 0.6) is 0 Å². The van der Waals surface area contributed by atoms with Gasteiger partial charge in [0.1, 0.15) is 5.69 Å². The molecule has 1 amide bonds. The Balaban J connectivity index is 0.000000690. The van der Waals surface area contributed by atoms with E-state index in [1.165, 1.54) is 0 Å². The molecule has 0 saturated carbocycles. The molecule has 9 nitrogen and oxygen atoms in total. The van der Waals surface area contributed by atoms with E-state index in [4.69, 9.17) is 22.4 Å². The number of aromatic amines is 1. The molecular formula is C23H27Cl3F2N6O3. The fourth-order valence-electron chi connectivity index (χ4n) is 2.67. The molecule has 0 unspecified atom stereocenters. The van der Waals surface area contributed by atoms with Gasteiger partial charge in [-0.25, -0.2) is 18.6 Å². The number of benzene rings is 2. The molecule has 0 aliphatic rings. The molecule has 37 heavy (non-hydrogen) atoms. The number of nitrogens with zero attached hydrogens (tertiary/aromatic N) is 3. The lowest BCUT2D eigenvalue weighted by atomic mass is 10.2. The fourth-order valence-corrected chi connectivity index (χ4v) is 2.91. The van der Waals surface area contributed by atoms with Crippen LogP contribution in [0.25, 0.3) is 0 Å². The van der Waals surface area contributed by atoms with Crippen LogP contribution in [0.3, 0.4) is 0 Å². The van der Waals surface area contributed by atoms with Crippen molar-refractivity contribution in [3.8, 4) is 0 Å². The van der Waals surface area contributed by atoms with Gasteiger partial charge in [0.2, 0.25) is 0 Å². The maximum atomic E-state index is 13.1. The number of hydrogen-bond donors (Lipinski definition) is 4. The van der Waals surface area contributed by atoms with E-state index in [9.17, 15) is 18.4 Å². The molecule has 2 aromatic carbocycles. The first-order chi connectivity index (χ1) is 16.7. The van der Waals surface area contributed by atoms with Crippen LogP contribution in [-0.4, -0.2) is 51.5 Å². The van der Waals surface area contributed by atoms with Gasteiger partial charge in [-0.3, -0.25) is 9.89 Å². The number of carbonyl (C=O) groups excluding carboxylic acids is 1. The molecule has 0 radical (unpaired) electrons. The normalized spacial score (nSPS) is 10.0. The van der Waals surface area contributed by atoms with Crippen LogP contribution < -0.4 is 11.1 Å². The first-order valence-electron chi connectivity index (χ1n) is 10.5. The van der Waals surface area contributed by atoms with Crippen molar-refractivity contribution in [2.75, 3.05) is 18.4 Å². The van der Waals surface area contributed by atoms with Crippen molar-refractivity contribution >= 4 is 66.1 Å².